The number of rotatable bonds is 5. The van der Waals surface area contributed by atoms with Gasteiger partial charge in [-0.25, -0.2) is 0 Å². The molecule has 0 spiro atoms. The van der Waals surface area contributed by atoms with E-state index in [0.717, 1.165) is 18.6 Å². The second kappa shape index (κ2) is 6.68. The largest absolute Gasteiger partial charge is 0.330 e. The summed E-state index contributed by atoms with van der Waals surface area (Å²) in [7, 11) is 0. The summed E-state index contributed by atoms with van der Waals surface area (Å²) in [5.74, 6) is 0.902. The van der Waals surface area contributed by atoms with Crippen molar-refractivity contribution in [1.29, 1.82) is 0 Å². The van der Waals surface area contributed by atoms with Crippen LogP contribution in [0.15, 0.2) is 30.3 Å². The van der Waals surface area contributed by atoms with E-state index in [4.69, 9.17) is 5.73 Å². The Hall–Kier alpha value is -0.730. The van der Waals surface area contributed by atoms with Gasteiger partial charge in [0.25, 0.3) is 0 Å². The minimum Gasteiger partial charge on any atom is -0.330 e. The predicted octanol–water partition coefficient (Wildman–Crippen LogP) is 2.52. The molecule has 0 aromatic heterocycles. The molecule has 0 atom stereocenters. The highest BCUT2D eigenvalue weighted by molar-refractivity contribution is 7.80. The first kappa shape index (κ1) is 11.3. The van der Waals surface area contributed by atoms with Crippen LogP contribution in [0.2, 0.25) is 0 Å². The quantitative estimate of drug-likeness (QED) is 0.713. The SMILES string of the molecule is NCCc1cccc(C=CCCS)c1. The monoisotopic (exact) mass is 207 g/mol. The van der Waals surface area contributed by atoms with Crippen molar-refractivity contribution in [1.82, 2.24) is 0 Å². The van der Waals surface area contributed by atoms with Crippen molar-refractivity contribution in [3.8, 4) is 0 Å². The van der Waals surface area contributed by atoms with E-state index in [2.05, 4.69) is 49.0 Å². The highest BCUT2D eigenvalue weighted by Gasteiger charge is 1.91. The van der Waals surface area contributed by atoms with Gasteiger partial charge in [-0.15, -0.1) is 0 Å². The Morgan fingerprint density at radius 3 is 2.93 bits per heavy atom. The van der Waals surface area contributed by atoms with Gasteiger partial charge in [-0.3, -0.25) is 0 Å². The van der Waals surface area contributed by atoms with E-state index in [1.165, 1.54) is 11.1 Å². The van der Waals surface area contributed by atoms with Crippen LogP contribution >= 0.6 is 12.6 Å². The van der Waals surface area contributed by atoms with E-state index >= 15 is 0 Å². The Labute approximate surface area is 91.4 Å². The molecule has 0 aliphatic rings. The normalized spacial score (nSPS) is 11.0. The maximum absolute atomic E-state index is 5.50. The van der Waals surface area contributed by atoms with Crippen LogP contribution in [-0.2, 0) is 6.42 Å². The summed E-state index contributed by atoms with van der Waals surface area (Å²) in [6, 6.07) is 8.48. The Bertz CT molecular complexity index is 294. The molecule has 0 radical (unpaired) electrons. The first-order valence-corrected chi connectivity index (χ1v) is 5.56. The molecular formula is C12H17NS. The molecule has 0 amide bonds. The van der Waals surface area contributed by atoms with Gasteiger partial charge < -0.3 is 5.73 Å². The maximum atomic E-state index is 5.50. The number of benzene rings is 1. The molecule has 0 unspecified atom stereocenters. The lowest BCUT2D eigenvalue weighted by Crippen LogP contribution is -2.02. The maximum Gasteiger partial charge on any atom is -0.00367 e. The zero-order chi connectivity index (χ0) is 10.2. The van der Waals surface area contributed by atoms with Gasteiger partial charge in [-0.1, -0.05) is 36.4 Å². The van der Waals surface area contributed by atoms with E-state index in [1.807, 2.05) is 0 Å². The minimum atomic E-state index is 0.712. The van der Waals surface area contributed by atoms with Gasteiger partial charge in [-0.2, -0.15) is 12.6 Å². The molecule has 1 aromatic rings. The zero-order valence-electron chi connectivity index (χ0n) is 8.32. The van der Waals surface area contributed by atoms with Gasteiger partial charge in [0, 0.05) is 0 Å². The number of hydrogen-bond donors (Lipinski definition) is 2. The molecule has 0 aliphatic heterocycles. The van der Waals surface area contributed by atoms with Gasteiger partial charge in [-0.05, 0) is 36.3 Å². The van der Waals surface area contributed by atoms with E-state index < -0.39 is 0 Å². The summed E-state index contributed by atoms with van der Waals surface area (Å²) in [5.41, 5.74) is 8.06. The van der Waals surface area contributed by atoms with Crippen molar-refractivity contribution in [3.63, 3.8) is 0 Å². The van der Waals surface area contributed by atoms with E-state index in [-0.39, 0.29) is 0 Å². The van der Waals surface area contributed by atoms with Gasteiger partial charge in [0.05, 0.1) is 0 Å². The summed E-state index contributed by atoms with van der Waals surface area (Å²) < 4.78 is 0. The van der Waals surface area contributed by atoms with Crippen molar-refractivity contribution in [2.24, 2.45) is 5.73 Å². The van der Waals surface area contributed by atoms with E-state index in [1.54, 1.807) is 0 Å². The van der Waals surface area contributed by atoms with Gasteiger partial charge >= 0.3 is 0 Å². The van der Waals surface area contributed by atoms with Crippen LogP contribution in [-0.4, -0.2) is 12.3 Å². The van der Waals surface area contributed by atoms with Crippen LogP contribution in [0.1, 0.15) is 17.5 Å². The van der Waals surface area contributed by atoms with Gasteiger partial charge in [0.15, 0.2) is 0 Å². The highest BCUT2D eigenvalue weighted by Crippen LogP contribution is 2.08. The van der Waals surface area contributed by atoms with Crippen molar-refractivity contribution >= 4 is 18.7 Å². The molecule has 1 aromatic carbocycles. The second-order valence-electron chi connectivity index (χ2n) is 3.20. The summed E-state index contributed by atoms with van der Waals surface area (Å²) in [5, 5.41) is 0. The molecule has 0 aliphatic carbocycles. The highest BCUT2D eigenvalue weighted by atomic mass is 32.1. The fourth-order valence-electron chi connectivity index (χ4n) is 1.31. The molecule has 76 valence electrons. The molecule has 14 heavy (non-hydrogen) atoms. The standard InChI is InChI=1S/C12H17NS/c13-8-7-12-6-3-5-11(10-12)4-1-2-9-14/h1,3-6,10,14H,2,7-9,13H2. The van der Waals surface area contributed by atoms with Crippen LogP contribution in [0.5, 0.6) is 0 Å². The van der Waals surface area contributed by atoms with Crippen LogP contribution in [0.4, 0.5) is 0 Å². The molecule has 0 fully saturated rings. The molecule has 0 bridgehead atoms. The predicted molar refractivity (Wildman–Crippen MR) is 66.7 cm³/mol. The molecular weight excluding hydrogens is 190 g/mol. The number of nitrogens with two attached hydrogens (primary N) is 1. The Morgan fingerprint density at radius 2 is 2.21 bits per heavy atom. The number of allylic oxidation sites excluding steroid dienone is 1. The molecule has 0 saturated heterocycles. The van der Waals surface area contributed by atoms with Gasteiger partial charge in [0.1, 0.15) is 0 Å². The summed E-state index contributed by atoms with van der Waals surface area (Å²) >= 11 is 4.15. The summed E-state index contributed by atoms with van der Waals surface area (Å²) in [6.07, 6.45) is 6.25. The topological polar surface area (TPSA) is 26.0 Å². The average molecular weight is 207 g/mol. The lowest BCUT2D eigenvalue weighted by molar-refractivity contribution is 0.968. The fraction of sp³-hybridized carbons (Fsp3) is 0.333. The molecule has 1 nitrogen and oxygen atoms in total. The molecule has 2 heteroatoms. The number of thiol groups is 1. The van der Waals surface area contributed by atoms with Crippen LogP contribution in [0.25, 0.3) is 6.08 Å². The second-order valence-corrected chi connectivity index (χ2v) is 3.65. The molecule has 1 rings (SSSR count). The van der Waals surface area contributed by atoms with E-state index in [0.29, 0.717) is 6.54 Å². The first-order chi connectivity index (χ1) is 6.86. The van der Waals surface area contributed by atoms with Crippen molar-refractivity contribution in [2.75, 3.05) is 12.3 Å². The third kappa shape index (κ3) is 3.99. The van der Waals surface area contributed by atoms with Crippen LogP contribution < -0.4 is 5.73 Å². The third-order valence-electron chi connectivity index (χ3n) is 1.99. The minimum absolute atomic E-state index is 0.712. The van der Waals surface area contributed by atoms with Crippen LogP contribution in [0.3, 0.4) is 0 Å². The Morgan fingerprint density at radius 1 is 1.36 bits per heavy atom. The fourth-order valence-corrected chi connectivity index (χ4v) is 1.46. The molecule has 0 heterocycles. The third-order valence-corrected chi connectivity index (χ3v) is 2.25. The number of hydrogen-bond acceptors (Lipinski definition) is 2. The zero-order valence-corrected chi connectivity index (χ0v) is 9.21. The van der Waals surface area contributed by atoms with Crippen molar-refractivity contribution in [3.05, 3.63) is 41.5 Å². The van der Waals surface area contributed by atoms with Crippen molar-refractivity contribution < 1.29 is 0 Å². The van der Waals surface area contributed by atoms with Crippen LogP contribution in [0, 0.1) is 0 Å². The van der Waals surface area contributed by atoms with Gasteiger partial charge in [0.2, 0.25) is 0 Å². The lowest BCUT2D eigenvalue weighted by atomic mass is 10.1. The molecule has 0 saturated carbocycles. The van der Waals surface area contributed by atoms with Crippen molar-refractivity contribution in [2.45, 2.75) is 12.8 Å². The van der Waals surface area contributed by atoms with E-state index in [9.17, 15) is 0 Å². The molecule has 2 N–H and O–H groups in total. The summed E-state index contributed by atoms with van der Waals surface area (Å²) in [4.78, 5) is 0. The lowest BCUT2D eigenvalue weighted by Gasteiger charge is -1.99. The Balaban J connectivity index is 2.63. The summed E-state index contributed by atoms with van der Waals surface area (Å²) in [6.45, 7) is 0.712. The smallest absolute Gasteiger partial charge is 0.00367 e. The average Bonchev–Trinajstić information content (AvgIpc) is 2.19. The Kier molecular flexibility index (Phi) is 5.42. The first-order valence-electron chi connectivity index (χ1n) is 4.93.